The van der Waals surface area contributed by atoms with Gasteiger partial charge in [-0.3, -0.25) is 9.48 Å². The van der Waals surface area contributed by atoms with E-state index in [0.29, 0.717) is 16.9 Å². The molecule has 0 bridgehead atoms. The molecule has 0 saturated heterocycles. The molecule has 2 heterocycles. The lowest BCUT2D eigenvalue weighted by atomic mass is 10.0. The second kappa shape index (κ2) is 7.79. The van der Waals surface area contributed by atoms with Crippen LogP contribution in [0.15, 0.2) is 66.9 Å². The van der Waals surface area contributed by atoms with Crippen molar-refractivity contribution in [3.8, 4) is 22.5 Å². The van der Waals surface area contributed by atoms with Crippen molar-refractivity contribution in [1.82, 2.24) is 14.8 Å². The minimum atomic E-state index is -0.492. The van der Waals surface area contributed by atoms with Crippen molar-refractivity contribution in [2.45, 2.75) is 6.92 Å². The van der Waals surface area contributed by atoms with Crippen LogP contribution >= 0.6 is 0 Å². The number of benzene rings is 2. The van der Waals surface area contributed by atoms with Crippen LogP contribution in [0.4, 0.5) is 15.8 Å². The molecule has 0 unspecified atom stereocenters. The van der Waals surface area contributed by atoms with Crippen LogP contribution in [0.3, 0.4) is 0 Å². The molecule has 0 radical (unpaired) electrons. The Hall–Kier alpha value is -4.00. The highest BCUT2D eigenvalue weighted by molar-refractivity contribution is 6.08. The third-order valence-electron chi connectivity index (χ3n) is 4.88. The number of nitrogens with two attached hydrogens (primary N) is 1. The topological polar surface area (TPSA) is 85.8 Å². The maximum Gasteiger partial charge on any atom is 0.276 e. The number of hydrogen-bond donors (Lipinski definition) is 2. The van der Waals surface area contributed by atoms with Gasteiger partial charge in [0.2, 0.25) is 0 Å². The van der Waals surface area contributed by atoms with Crippen LogP contribution in [0.5, 0.6) is 0 Å². The van der Waals surface area contributed by atoms with E-state index in [2.05, 4.69) is 15.4 Å². The zero-order chi connectivity index (χ0) is 21.3. The Kier molecular flexibility index (Phi) is 5.02. The molecule has 6 nitrogen and oxygen atoms in total. The molecular weight excluding hydrogens is 381 g/mol. The van der Waals surface area contributed by atoms with Crippen LogP contribution < -0.4 is 11.1 Å². The van der Waals surface area contributed by atoms with Gasteiger partial charge in [0, 0.05) is 18.2 Å². The predicted octanol–water partition coefficient (Wildman–Crippen LogP) is 4.43. The molecule has 0 aliphatic rings. The summed E-state index contributed by atoms with van der Waals surface area (Å²) in [6, 6.07) is 17.2. The average molecular weight is 401 g/mol. The Balaban J connectivity index is 1.70. The number of carbonyl (C=O) groups is 1. The van der Waals surface area contributed by atoms with E-state index >= 15 is 0 Å². The zero-order valence-electron chi connectivity index (χ0n) is 16.6. The molecule has 7 heteroatoms. The molecule has 4 rings (SSSR count). The van der Waals surface area contributed by atoms with Crippen LogP contribution in [0.1, 0.15) is 16.1 Å². The lowest BCUT2D eigenvalue weighted by molar-refractivity contribution is 0.102. The molecule has 0 aliphatic heterocycles. The second-order valence-electron chi connectivity index (χ2n) is 6.91. The number of pyridine rings is 1. The van der Waals surface area contributed by atoms with E-state index in [0.717, 1.165) is 16.8 Å². The normalized spacial score (nSPS) is 10.8. The molecule has 3 N–H and O–H groups in total. The van der Waals surface area contributed by atoms with E-state index in [1.54, 1.807) is 41.2 Å². The maximum absolute atomic E-state index is 14.2. The van der Waals surface area contributed by atoms with Crippen molar-refractivity contribution in [3.63, 3.8) is 0 Å². The van der Waals surface area contributed by atoms with Gasteiger partial charge >= 0.3 is 0 Å². The molecule has 1 amide bonds. The molecule has 30 heavy (non-hydrogen) atoms. The van der Waals surface area contributed by atoms with Crippen LogP contribution in [0, 0.1) is 12.7 Å². The van der Waals surface area contributed by atoms with E-state index < -0.39 is 11.7 Å². The summed E-state index contributed by atoms with van der Waals surface area (Å²) in [6.45, 7) is 1.99. The van der Waals surface area contributed by atoms with E-state index in [1.165, 1.54) is 6.07 Å². The SMILES string of the molecule is Cc1ccccc1-c1c(NC(=O)c2nc(-c3ccccc3F)ccc2N)cnn1C. The fourth-order valence-electron chi connectivity index (χ4n) is 3.34. The largest absolute Gasteiger partial charge is 0.397 e. The number of nitrogens with one attached hydrogen (secondary N) is 1. The van der Waals surface area contributed by atoms with Crippen molar-refractivity contribution < 1.29 is 9.18 Å². The monoisotopic (exact) mass is 401 g/mol. The molecule has 0 saturated carbocycles. The van der Waals surface area contributed by atoms with Gasteiger partial charge in [0.1, 0.15) is 5.82 Å². The number of rotatable bonds is 4. The average Bonchev–Trinajstić information content (AvgIpc) is 3.09. The smallest absolute Gasteiger partial charge is 0.276 e. The number of nitrogens with zero attached hydrogens (tertiary/aromatic N) is 3. The fraction of sp³-hybridized carbons (Fsp3) is 0.0870. The van der Waals surface area contributed by atoms with Gasteiger partial charge < -0.3 is 11.1 Å². The molecule has 150 valence electrons. The van der Waals surface area contributed by atoms with Crippen molar-refractivity contribution in [2.75, 3.05) is 11.1 Å². The number of halogens is 1. The van der Waals surface area contributed by atoms with Gasteiger partial charge in [-0.25, -0.2) is 9.37 Å². The molecule has 4 aromatic rings. The van der Waals surface area contributed by atoms with Gasteiger partial charge in [0.15, 0.2) is 5.69 Å². The van der Waals surface area contributed by atoms with Crippen LogP contribution in [-0.4, -0.2) is 20.7 Å². The highest BCUT2D eigenvalue weighted by atomic mass is 19.1. The van der Waals surface area contributed by atoms with Gasteiger partial charge in [0.25, 0.3) is 5.91 Å². The summed E-state index contributed by atoms with van der Waals surface area (Å²) in [5, 5.41) is 7.13. The van der Waals surface area contributed by atoms with Gasteiger partial charge in [-0.1, -0.05) is 36.4 Å². The Morgan fingerprint density at radius 3 is 2.47 bits per heavy atom. The lowest BCUT2D eigenvalue weighted by Crippen LogP contribution is -2.17. The first-order valence-electron chi connectivity index (χ1n) is 9.36. The zero-order valence-corrected chi connectivity index (χ0v) is 16.6. The number of amides is 1. The summed E-state index contributed by atoms with van der Waals surface area (Å²) in [4.78, 5) is 17.3. The van der Waals surface area contributed by atoms with Gasteiger partial charge in [-0.2, -0.15) is 5.10 Å². The first kappa shape index (κ1) is 19.3. The first-order chi connectivity index (χ1) is 14.5. The first-order valence-corrected chi connectivity index (χ1v) is 9.36. The molecule has 2 aromatic heterocycles. The van der Waals surface area contributed by atoms with Crippen molar-refractivity contribution >= 4 is 17.3 Å². The van der Waals surface area contributed by atoms with Crippen molar-refractivity contribution in [1.29, 1.82) is 0 Å². The van der Waals surface area contributed by atoms with Crippen molar-refractivity contribution in [2.24, 2.45) is 7.05 Å². The van der Waals surface area contributed by atoms with Crippen LogP contribution in [0.25, 0.3) is 22.5 Å². The minimum Gasteiger partial charge on any atom is -0.397 e. The number of nitrogen functional groups attached to an aromatic ring is 1. The molecule has 0 spiro atoms. The summed E-state index contributed by atoms with van der Waals surface area (Å²) in [6.07, 6.45) is 1.58. The Bertz CT molecular complexity index is 1250. The maximum atomic E-state index is 14.2. The second-order valence-corrected chi connectivity index (χ2v) is 6.91. The molecular formula is C23H20FN5O. The van der Waals surface area contributed by atoms with Gasteiger partial charge in [0.05, 0.1) is 29.0 Å². The Morgan fingerprint density at radius 2 is 1.73 bits per heavy atom. The standard InChI is InChI=1S/C23H20FN5O/c1-14-7-3-4-8-15(14)22-20(13-26-29(22)2)28-23(30)21-18(25)11-12-19(27-21)16-9-5-6-10-17(16)24/h3-13H,25H2,1-2H3,(H,28,30). The van der Waals surface area contributed by atoms with E-state index in [4.69, 9.17) is 5.73 Å². The summed E-state index contributed by atoms with van der Waals surface area (Å²) >= 11 is 0. The van der Waals surface area contributed by atoms with Gasteiger partial charge in [-0.15, -0.1) is 0 Å². The third-order valence-corrected chi connectivity index (χ3v) is 4.88. The van der Waals surface area contributed by atoms with E-state index in [1.807, 2.05) is 38.2 Å². The quantitative estimate of drug-likeness (QED) is 0.530. The number of hydrogen-bond acceptors (Lipinski definition) is 4. The predicted molar refractivity (Wildman–Crippen MR) is 115 cm³/mol. The number of anilines is 2. The summed E-state index contributed by atoms with van der Waals surface area (Å²) in [7, 11) is 1.81. The highest BCUT2D eigenvalue weighted by Crippen LogP contribution is 2.30. The Labute approximate surface area is 173 Å². The Morgan fingerprint density at radius 1 is 1.03 bits per heavy atom. The highest BCUT2D eigenvalue weighted by Gasteiger charge is 2.19. The van der Waals surface area contributed by atoms with Crippen molar-refractivity contribution in [3.05, 3.63) is 83.9 Å². The van der Waals surface area contributed by atoms with E-state index in [9.17, 15) is 9.18 Å². The fourth-order valence-corrected chi connectivity index (χ4v) is 3.34. The summed E-state index contributed by atoms with van der Waals surface area (Å²) in [5.74, 6) is -0.913. The number of carbonyl (C=O) groups excluding carboxylic acids is 1. The minimum absolute atomic E-state index is 0.0235. The summed E-state index contributed by atoms with van der Waals surface area (Å²) < 4.78 is 15.9. The summed E-state index contributed by atoms with van der Waals surface area (Å²) in [5.41, 5.74) is 10.2. The number of aromatic nitrogens is 3. The molecule has 0 atom stereocenters. The number of aryl methyl sites for hydroxylation is 2. The van der Waals surface area contributed by atoms with Crippen LogP contribution in [0.2, 0.25) is 0 Å². The van der Waals surface area contributed by atoms with Gasteiger partial charge in [-0.05, 0) is 36.8 Å². The third kappa shape index (κ3) is 3.53. The molecule has 2 aromatic carbocycles. The molecule has 0 fully saturated rings. The van der Waals surface area contributed by atoms with E-state index in [-0.39, 0.29) is 11.4 Å². The lowest BCUT2D eigenvalue weighted by Gasteiger charge is -2.12. The molecule has 0 aliphatic carbocycles. The van der Waals surface area contributed by atoms with Crippen LogP contribution in [-0.2, 0) is 7.05 Å².